The number of methoxy groups -OCH3 is 3. The third-order valence-electron chi connectivity index (χ3n) is 4.79. The Kier molecular flexibility index (Phi) is 6.46. The second-order valence-corrected chi connectivity index (χ2v) is 6.83. The van der Waals surface area contributed by atoms with E-state index in [4.69, 9.17) is 23.7 Å². The second kappa shape index (κ2) is 9.78. The number of nitrogens with one attached hydrogen (secondary N) is 1. The summed E-state index contributed by atoms with van der Waals surface area (Å²) >= 11 is 0. The van der Waals surface area contributed by atoms with Crippen molar-refractivity contribution in [2.75, 3.05) is 21.3 Å². The topological polar surface area (TPSA) is 74.8 Å². The first-order valence-electron chi connectivity index (χ1n) is 10.00. The maximum absolute atomic E-state index is 5.99. The Balaban J connectivity index is 1.44. The van der Waals surface area contributed by atoms with Crippen LogP contribution in [0, 0.1) is 0 Å². The van der Waals surface area contributed by atoms with Crippen LogP contribution in [0.5, 0.6) is 34.5 Å². The summed E-state index contributed by atoms with van der Waals surface area (Å²) in [6, 6.07) is 20.9. The van der Waals surface area contributed by atoms with Crippen LogP contribution in [0.1, 0.15) is 5.82 Å². The molecule has 0 amide bonds. The van der Waals surface area contributed by atoms with E-state index < -0.39 is 0 Å². The molecule has 0 unspecified atom stereocenters. The Labute approximate surface area is 186 Å². The Morgan fingerprint density at radius 1 is 0.750 bits per heavy atom. The summed E-state index contributed by atoms with van der Waals surface area (Å²) in [5, 5.41) is 0. The van der Waals surface area contributed by atoms with Gasteiger partial charge >= 0.3 is 0 Å². The van der Waals surface area contributed by atoms with Crippen molar-refractivity contribution in [2.24, 2.45) is 0 Å². The van der Waals surface area contributed by atoms with Crippen molar-refractivity contribution >= 4 is 0 Å². The van der Waals surface area contributed by atoms with Crippen LogP contribution in [-0.2, 0) is 6.61 Å². The molecule has 7 heteroatoms. The smallest absolute Gasteiger partial charge is 0.203 e. The van der Waals surface area contributed by atoms with E-state index in [1.54, 1.807) is 39.7 Å². The average molecular weight is 432 g/mol. The zero-order valence-electron chi connectivity index (χ0n) is 18.1. The van der Waals surface area contributed by atoms with E-state index in [9.17, 15) is 0 Å². The van der Waals surface area contributed by atoms with E-state index in [2.05, 4.69) is 9.97 Å². The molecule has 1 heterocycles. The van der Waals surface area contributed by atoms with Crippen LogP contribution >= 0.6 is 0 Å². The van der Waals surface area contributed by atoms with Gasteiger partial charge in [0.1, 0.15) is 29.7 Å². The summed E-state index contributed by atoms with van der Waals surface area (Å²) in [4.78, 5) is 7.69. The van der Waals surface area contributed by atoms with Gasteiger partial charge in [-0.15, -0.1) is 0 Å². The summed E-state index contributed by atoms with van der Waals surface area (Å²) in [6.45, 7) is 0.367. The van der Waals surface area contributed by atoms with Crippen molar-refractivity contribution in [3.8, 4) is 45.8 Å². The first-order chi connectivity index (χ1) is 15.7. The number of rotatable bonds is 9. The number of H-pyrrole nitrogens is 1. The summed E-state index contributed by atoms with van der Waals surface area (Å²) in [5.41, 5.74) is 1.89. The molecule has 0 atom stereocenters. The molecule has 1 aromatic heterocycles. The van der Waals surface area contributed by atoms with Gasteiger partial charge in [0.05, 0.1) is 33.2 Å². The van der Waals surface area contributed by atoms with Gasteiger partial charge in [-0.05, 0) is 42.0 Å². The van der Waals surface area contributed by atoms with E-state index in [0.717, 1.165) is 22.8 Å². The number of nitrogens with zero attached hydrogens (tertiary/aromatic N) is 1. The van der Waals surface area contributed by atoms with Crippen molar-refractivity contribution in [1.82, 2.24) is 9.97 Å². The van der Waals surface area contributed by atoms with Gasteiger partial charge in [-0.2, -0.15) is 0 Å². The standard InChI is InChI=1S/C25H24N2O5/c1-28-22-13-20(14-23(29-2)25(22)30-3)32-19-11-9-17(10-12-19)21-15-26-24(27-21)16-31-18-7-5-4-6-8-18/h4-15H,16H2,1-3H3,(H,26,27). The lowest BCUT2D eigenvalue weighted by Gasteiger charge is -2.14. The maximum Gasteiger partial charge on any atom is 0.203 e. The first-order valence-corrected chi connectivity index (χ1v) is 10.00. The highest BCUT2D eigenvalue weighted by atomic mass is 16.5. The molecule has 7 nitrogen and oxygen atoms in total. The Hall–Kier alpha value is -4.13. The van der Waals surface area contributed by atoms with Gasteiger partial charge in [0.15, 0.2) is 11.5 Å². The van der Waals surface area contributed by atoms with E-state index in [0.29, 0.717) is 35.4 Å². The van der Waals surface area contributed by atoms with Crippen molar-refractivity contribution < 1.29 is 23.7 Å². The summed E-state index contributed by atoms with van der Waals surface area (Å²) in [6.07, 6.45) is 1.79. The molecule has 4 aromatic rings. The normalized spacial score (nSPS) is 10.5. The van der Waals surface area contributed by atoms with E-state index >= 15 is 0 Å². The Morgan fingerprint density at radius 2 is 1.44 bits per heavy atom. The minimum absolute atomic E-state index is 0.367. The van der Waals surface area contributed by atoms with Gasteiger partial charge in [-0.1, -0.05) is 18.2 Å². The van der Waals surface area contributed by atoms with Crippen LogP contribution in [0.2, 0.25) is 0 Å². The van der Waals surface area contributed by atoms with E-state index in [-0.39, 0.29) is 0 Å². The molecule has 0 bridgehead atoms. The van der Waals surface area contributed by atoms with Crippen LogP contribution in [0.25, 0.3) is 11.3 Å². The average Bonchev–Trinajstić information content (AvgIpc) is 3.32. The molecule has 1 N–H and O–H groups in total. The zero-order valence-corrected chi connectivity index (χ0v) is 18.1. The molecule has 0 aliphatic heterocycles. The van der Waals surface area contributed by atoms with Crippen LogP contribution in [-0.4, -0.2) is 31.3 Å². The van der Waals surface area contributed by atoms with Crippen LogP contribution in [0.15, 0.2) is 72.9 Å². The molecule has 4 rings (SSSR count). The number of ether oxygens (including phenoxy) is 5. The molecule has 0 aliphatic carbocycles. The SMILES string of the molecule is COc1cc(Oc2ccc(-c3cnc(COc4ccccc4)[nH]3)cc2)cc(OC)c1OC. The van der Waals surface area contributed by atoms with Crippen molar-refractivity contribution in [3.05, 3.63) is 78.8 Å². The van der Waals surface area contributed by atoms with Crippen molar-refractivity contribution in [3.63, 3.8) is 0 Å². The molecule has 0 radical (unpaired) electrons. The highest BCUT2D eigenvalue weighted by molar-refractivity contribution is 5.60. The lowest BCUT2D eigenvalue weighted by atomic mass is 10.1. The van der Waals surface area contributed by atoms with Crippen LogP contribution in [0.3, 0.4) is 0 Å². The molecule has 0 saturated carbocycles. The van der Waals surface area contributed by atoms with Gasteiger partial charge in [-0.25, -0.2) is 4.98 Å². The van der Waals surface area contributed by atoms with Crippen LogP contribution < -0.4 is 23.7 Å². The fourth-order valence-electron chi connectivity index (χ4n) is 3.21. The highest BCUT2D eigenvalue weighted by Crippen LogP contribution is 2.42. The van der Waals surface area contributed by atoms with Crippen molar-refractivity contribution in [2.45, 2.75) is 6.61 Å². The third-order valence-corrected chi connectivity index (χ3v) is 4.79. The highest BCUT2D eigenvalue weighted by Gasteiger charge is 2.14. The molecular weight excluding hydrogens is 408 g/mol. The largest absolute Gasteiger partial charge is 0.493 e. The first kappa shape index (κ1) is 21.1. The minimum Gasteiger partial charge on any atom is -0.493 e. The zero-order chi connectivity index (χ0) is 22.3. The lowest BCUT2D eigenvalue weighted by molar-refractivity contribution is 0.297. The molecular formula is C25H24N2O5. The lowest BCUT2D eigenvalue weighted by Crippen LogP contribution is -1.97. The Morgan fingerprint density at radius 3 is 2.06 bits per heavy atom. The number of imidazole rings is 1. The molecule has 0 saturated heterocycles. The fourth-order valence-corrected chi connectivity index (χ4v) is 3.21. The third kappa shape index (κ3) is 4.78. The number of hydrogen-bond acceptors (Lipinski definition) is 6. The summed E-state index contributed by atoms with van der Waals surface area (Å²) < 4.78 is 27.8. The van der Waals surface area contributed by atoms with Gasteiger partial charge in [0, 0.05) is 12.1 Å². The van der Waals surface area contributed by atoms with E-state index in [1.165, 1.54) is 0 Å². The predicted molar refractivity (Wildman–Crippen MR) is 121 cm³/mol. The second-order valence-electron chi connectivity index (χ2n) is 6.83. The van der Waals surface area contributed by atoms with Gasteiger partial charge in [0.2, 0.25) is 5.75 Å². The predicted octanol–water partition coefficient (Wildman–Crippen LogP) is 5.47. The van der Waals surface area contributed by atoms with Gasteiger partial charge in [0.25, 0.3) is 0 Å². The molecule has 3 aromatic carbocycles. The maximum atomic E-state index is 5.99. The molecule has 0 fully saturated rings. The van der Waals surface area contributed by atoms with Crippen LogP contribution in [0.4, 0.5) is 0 Å². The molecule has 0 spiro atoms. The number of aromatic amines is 1. The monoisotopic (exact) mass is 432 g/mol. The molecule has 32 heavy (non-hydrogen) atoms. The minimum atomic E-state index is 0.367. The fraction of sp³-hybridized carbons (Fsp3) is 0.160. The van der Waals surface area contributed by atoms with Gasteiger partial charge in [-0.3, -0.25) is 0 Å². The number of para-hydroxylation sites is 1. The summed E-state index contributed by atoms with van der Waals surface area (Å²) in [7, 11) is 4.70. The molecule has 0 aliphatic rings. The van der Waals surface area contributed by atoms with E-state index in [1.807, 2.05) is 54.6 Å². The Bertz CT molecular complexity index is 1130. The number of aromatic nitrogens is 2. The van der Waals surface area contributed by atoms with Crippen molar-refractivity contribution in [1.29, 1.82) is 0 Å². The quantitative estimate of drug-likeness (QED) is 0.378. The van der Waals surface area contributed by atoms with Gasteiger partial charge < -0.3 is 28.7 Å². The number of hydrogen-bond donors (Lipinski definition) is 1. The number of benzene rings is 3. The molecule has 164 valence electrons. The summed E-state index contributed by atoms with van der Waals surface area (Å²) in [5.74, 6) is 4.39.